The number of nitrogens with zero attached hydrogens (tertiary/aromatic N) is 5. The zero-order valence-corrected chi connectivity index (χ0v) is 11.3. The van der Waals surface area contributed by atoms with Crippen molar-refractivity contribution in [1.82, 2.24) is 25.0 Å². The Kier molecular flexibility index (Phi) is 4.72. The van der Waals surface area contributed by atoms with Crippen LogP contribution in [0, 0.1) is 0 Å². The van der Waals surface area contributed by atoms with Crippen molar-refractivity contribution in [3.05, 3.63) is 35.7 Å². The first kappa shape index (κ1) is 14.1. The molecule has 2 rings (SSSR count). The van der Waals surface area contributed by atoms with Gasteiger partial charge in [0, 0.05) is 25.9 Å². The maximum atomic E-state index is 11.7. The molecular formula is C12H15N5O3. The number of carbonyl (C=O) groups is 1. The lowest BCUT2D eigenvalue weighted by atomic mass is 10.2. The van der Waals surface area contributed by atoms with Gasteiger partial charge in [0.1, 0.15) is 0 Å². The maximum Gasteiger partial charge on any atom is 0.360 e. The number of esters is 1. The molecule has 0 fully saturated rings. The molecule has 0 unspecified atom stereocenters. The molecule has 0 bridgehead atoms. The summed E-state index contributed by atoms with van der Waals surface area (Å²) in [5.41, 5.74) is 1.59. The van der Waals surface area contributed by atoms with Gasteiger partial charge in [-0.05, 0) is 0 Å². The molecule has 8 nitrogen and oxygen atoms in total. The van der Waals surface area contributed by atoms with E-state index in [2.05, 4.69) is 20.3 Å². The normalized spacial score (nSPS) is 10.5. The van der Waals surface area contributed by atoms with Gasteiger partial charge in [0.2, 0.25) is 0 Å². The highest BCUT2D eigenvalue weighted by atomic mass is 16.5. The average Bonchev–Trinajstić information content (AvgIpc) is 2.88. The number of hydrogen-bond acceptors (Lipinski definition) is 7. The molecular weight excluding hydrogens is 262 g/mol. The van der Waals surface area contributed by atoms with E-state index in [0.717, 1.165) is 5.69 Å². The molecule has 0 saturated heterocycles. The Morgan fingerprint density at radius 2 is 2.20 bits per heavy atom. The smallest absolute Gasteiger partial charge is 0.360 e. The van der Waals surface area contributed by atoms with Gasteiger partial charge in [-0.3, -0.25) is 9.97 Å². The topological polar surface area (TPSA) is 92.0 Å². The minimum Gasteiger partial charge on any atom is -0.464 e. The molecule has 0 radical (unpaired) electrons. The van der Waals surface area contributed by atoms with E-state index < -0.39 is 5.97 Å². The van der Waals surface area contributed by atoms with Gasteiger partial charge in [-0.2, -0.15) is 0 Å². The second-order valence-electron chi connectivity index (χ2n) is 3.97. The Labute approximate surface area is 115 Å². The molecule has 2 aromatic rings. The summed E-state index contributed by atoms with van der Waals surface area (Å²) in [4.78, 5) is 19.8. The van der Waals surface area contributed by atoms with Crippen molar-refractivity contribution in [2.24, 2.45) is 0 Å². The summed E-state index contributed by atoms with van der Waals surface area (Å²) in [5.74, 6) is -0.513. The minimum absolute atomic E-state index is 0.202. The molecule has 2 heterocycles. The van der Waals surface area contributed by atoms with E-state index >= 15 is 0 Å². The van der Waals surface area contributed by atoms with E-state index in [1.165, 1.54) is 7.11 Å². The second-order valence-corrected chi connectivity index (χ2v) is 3.97. The van der Waals surface area contributed by atoms with Gasteiger partial charge in [0.25, 0.3) is 0 Å². The predicted molar refractivity (Wildman–Crippen MR) is 68.1 cm³/mol. The Hall–Kier alpha value is -2.35. The van der Waals surface area contributed by atoms with E-state index in [-0.39, 0.29) is 5.69 Å². The van der Waals surface area contributed by atoms with Gasteiger partial charge in [0.15, 0.2) is 5.69 Å². The number of methoxy groups -OCH3 is 2. The van der Waals surface area contributed by atoms with Gasteiger partial charge in [0.05, 0.1) is 37.8 Å². The van der Waals surface area contributed by atoms with E-state index in [4.69, 9.17) is 9.47 Å². The third-order valence-electron chi connectivity index (χ3n) is 2.69. The minimum atomic E-state index is -0.513. The zero-order valence-electron chi connectivity index (χ0n) is 11.3. The summed E-state index contributed by atoms with van der Waals surface area (Å²) in [7, 11) is 2.90. The van der Waals surface area contributed by atoms with E-state index in [1.54, 1.807) is 30.4 Å². The summed E-state index contributed by atoms with van der Waals surface area (Å²) < 4.78 is 11.3. The Balaban J connectivity index is 2.27. The standard InChI is InChI=1S/C12H15N5O3/c1-19-6-3-10-11(12(18)20-2)15-16-17(10)8-9-7-13-4-5-14-9/h4-5,7H,3,6,8H2,1-2H3. The van der Waals surface area contributed by atoms with Gasteiger partial charge in [-0.1, -0.05) is 5.21 Å². The fraction of sp³-hybridized carbons (Fsp3) is 0.417. The molecule has 0 aliphatic rings. The lowest BCUT2D eigenvalue weighted by Crippen LogP contribution is -2.13. The first-order valence-electron chi connectivity index (χ1n) is 6.00. The summed E-state index contributed by atoms with van der Waals surface area (Å²) in [6, 6.07) is 0. The van der Waals surface area contributed by atoms with Crippen LogP contribution in [0.3, 0.4) is 0 Å². The summed E-state index contributed by atoms with van der Waals surface area (Å²) >= 11 is 0. The number of rotatable bonds is 6. The summed E-state index contributed by atoms with van der Waals surface area (Å²) in [6.07, 6.45) is 5.34. The fourth-order valence-corrected chi connectivity index (χ4v) is 1.73. The van der Waals surface area contributed by atoms with Crippen LogP contribution >= 0.6 is 0 Å². The molecule has 0 atom stereocenters. The molecule has 20 heavy (non-hydrogen) atoms. The van der Waals surface area contributed by atoms with Crippen molar-refractivity contribution in [3.63, 3.8) is 0 Å². The molecule has 2 aromatic heterocycles. The van der Waals surface area contributed by atoms with Crippen LogP contribution in [-0.2, 0) is 22.4 Å². The molecule has 0 aliphatic heterocycles. The number of ether oxygens (including phenoxy) is 2. The number of hydrogen-bond donors (Lipinski definition) is 0. The van der Waals surface area contributed by atoms with Crippen LogP contribution in [0.4, 0.5) is 0 Å². The van der Waals surface area contributed by atoms with Crippen LogP contribution in [0.2, 0.25) is 0 Å². The van der Waals surface area contributed by atoms with Crippen LogP contribution in [0.5, 0.6) is 0 Å². The van der Waals surface area contributed by atoms with Crippen LogP contribution in [0.15, 0.2) is 18.6 Å². The molecule has 0 saturated carbocycles. The Morgan fingerprint density at radius 1 is 1.35 bits per heavy atom. The Morgan fingerprint density at radius 3 is 2.85 bits per heavy atom. The van der Waals surface area contributed by atoms with Crippen LogP contribution in [0.25, 0.3) is 0 Å². The highest BCUT2D eigenvalue weighted by molar-refractivity contribution is 5.88. The maximum absolute atomic E-state index is 11.7. The van der Waals surface area contributed by atoms with Crippen molar-refractivity contribution in [2.45, 2.75) is 13.0 Å². The van der Waals surface area contributed by atoms with Gasteiger partial charge in [-0.15, -0.1) is 5.10 Å². The Bertz CT molecular complexity index is 570. The predicted octanol–water partition coefficient (Wildman–Crippen LogP) is 0.0919. The quantitative estimate of drug-likeness (QED) is 0.691. The average molecular weight is 277 g/mol. The first-order chi connectivity index (χ1) is 9.76. The SMILES string of the molecule is COCCc1c(C(=O)OC)nnn1Cc1cnccn1. The highest BCUT2D eigenvalue weighted by Gasteiger charge is 2.20. The highest BCUT2D eigenvalue weighted by Crippen LogP contribution is 2.10. The molecule has 0 amide bonds. The number of carbonyl (C=O) groups excluding carboxylic acids is 1. The fourth-order valence-electron chi connectivity index (χ4n) is 1.73. The molecule has 8 heteroatoms. The van der Waals surface area contributed by atoms with E-state index in [1.807, 2.05) is 0 Å². The number of aromatic nitrogens is 5. The zero-order chi connectivity index (χ0) is 14.4. The van der Waals surface area contributed by atoms with Gasteiger partial charge < -0.3 is 9.47 Å². The van der Waals surface area contributed by atoms with Crippen molar-refractivity contribution < 1.29 is 14.3 Å². The van der Waals surface area contributed by atoms with Crippen LogP contribution in [-0.4, -0.2) is 51.8 Å². The molecule has 0 N–H and O–H groups in total. The van der Waals surface area contributed by atoms with Crippen LogP contribution < -0.4 is 0 Å². The monoisotopic (exact) mass is 277 g/mol. The molecule has 106 valence electrons. The van der Waals surface area contributed by atoms with Crippen molar-refractivity contribution in [3.8, 4) is 0 Å². The summed E-state index contributed by atoms with van der Waals surface area (Å²) in [6.45, 7) is 0.842. The van der Waals surface area contributed by atoms with E-state index in [0.29, 0.717) is 25.3 Å². The third kappa shape index (κ3) is 3.15. The lowest BCUT2D eigenvalue weighted by molar-refractivity contribution is 0.0592. The van der Waals surface area contributed by atoms with Crippen LogP contribution in [0.1, 0.15) is 21.9 Å². The van der Waals surface area contributed by atoms with Crippen molar-refractivity contribution in [2.75, 3.05) is 20.8 Å². The van der Waals surface area contributed by atoms with Gasteiger partial charge >= 0.3 is 5.97 Å². The first-order valence-corrected chi connectivity index (χ1v) is 6.00. The lowest BCUT2D eigenvalue weighted by Gasteiger charge is -2.06. The molecule has 0 aliphatic carbocycles. The second kappa shape index (κ2) is 6.71. The third-order valence-corrected chi connectivity index (χ3v) is 2.69. The summed E-state index contributed by atoms with van der Waals surface area (Å²) in [5, 5.41) is 7.85. The van der Waals surface area contributed by atoms with Crippen molar-refractivity contribution in [1.29, 1.82) is 0 Å². The van der Waals surface area contributed by atoms with Gasteiger partial charge in [-0.25, -0.2) is 9.48 Å². The molecule has 0 aromatic carbocycles. The van der Waals surface area contributed by atoms with E-state index in [9.17, 15) is 4.79 Å². The molecule has 0 spiro atoms. The van der Waals surface area contributed by atoms with Crippen molar-refractivity contribution >= 4 is 5.97 Å². The largest absolute Gasteiger partial charge is 0.464 e.